The minimum atomic E-state index is -1.01. The number of nitrogens with one attached hydrogen (secondary N) is 4. The lowest BCUT2D eigenvalue weighted by Gasteiger charge is -2.38. The van der Waals surface area contributed by atoms with Crippen molar-refractivity contribution in [3.05, 3.63) is 11.5 Å². The Bertz CT molecular complexity index is 1030. The van der Waals surface area contributed by atoms with Crippen molar-refractivity contribution < 1.29 is 34.5 Å². The summed E-state index contributed by atoms with van der Waals surface area (Å²) in [5.74, 6) is -3.43. The number of aliphatic hydroxyl groups is 2. The van der Waals surface area contributed by atoms with Gasteiger partial charge in [0.2, 0.25) is 11.8 Å². The Labute approximate surface area is 301 Å². The molecular formula is C37H70N4O7S. The molecule has 0 rings (SSSR count). The molecule has 11 nitrogen and oxygen atoms in total. The summed E-state index contributed by atoms with van der Waals surface area (Å²) in [5.41, 5.74) is -1.38. The third-order valence-corrected chi connectivity index (χ3v) is 11.1. The summed E-state index contributed by atoms with van der Waals surface area (Å²) in [6.07, 6.45) is 5.52. The van der Waals surface area contributed by atoms with Crippen LogP contribution in [0.25, 0.3) is 0 Å². The number of ketones is 1. The van der Waals surface area contributed by atoms with Gasteiger partial charge in [0.15, 0.2) is 5.78 Å². The molecule has 7 N–H and O–H groups in total. The van der Waals surface area contributed by atoms with E-state index in [1.165, 1.54) is 0 Å². The first-order valence-electron chi connectivity index (χ1n) is 18.3. The Hall–Kier alpha value is -1.99. The van der Waals surface area contributed by atoms with Crippen LogP contribution in [0.3, 0.4) is 0 Å². The third kappa shape index (κ3) is 16.3. The molecule has 0 bridgehead atoms. The van der Waals surface area contributed by atoms with Gasteiger partial charge < -0.3 is 36.6 Å². The first-order valence-corrected chi connectivity index (χ1v) is 19.5. The van der Waals surface area contributed by atoms with E-state index in [9.17, 15) is 34.5 Å². The van der Waals surface area contributed by atoms with E-state index in [2.05, 4.69) is 34.8 Å². The van der Waals surface area contributed by atoms with Gasteiger partial charge in [-0.1, -0.05) is 62.0 Å². The number of carbonyl (C=O) groups is 4. The van der Waals surface area contributed by atoms with Gasteiger partial charge in [-0.05, 0) is 88.3 Å². The van der Waals surface area contributed by atoms with Crippen LogP contribution >= 0.6 is 11.8 Å². The maximum atomic E-state index is 14.6. The van der Waals surface area contributed by atoms with Crippen molar-refractivity contribution in [1.82, 2.24) is 21.3 Å². The van der Waals surface area contributed by atoms with E-state index in [1.807, 2.05) is 40.9 Å². The van der Waals surface area contributed by atoms with Crippen LogP contribution in [0.4, 0.5) is 0 Å². The normalized spacial score (nSPS) is 16.5. The molecule has 0 saturated carbocycles. The fraction of sp³-hybridized carbons (Fsp3) is 0.838. The van der Waals surface area contributed by atoms with E-state index in [0.29, 0.717) is 51.6 Å². The maximum absolute atomic E-state index is 14.6. The first-order chi connectivity index (χ1) is 22.9. The fourth-order valence-electron chi connectivity index (χ4n) is 5.81. The van der Waals surface area contributed by atoms with Crippen molar-refractivity contribution in [2.24, 2.45) is 23.7 Å². The Kier molecular flexibility index (Phi) is 22.5. The Morgan fingerprint density at radius 3 is 1.94 bits per heavy atom. The van der Waals surface area contributed by atoms with Crippen molar-refractivity contribution >= 4 is 35.3 Å². The average molecular weight is 715 g/mol. The van der Waals surface area contributed by atoms with Gasteiger partial charge in [0.25, 0.3) is 0 Å². The minimum Gasteiger partial charge on any atom is -0.481 e. The second kappa shape index (κ2) is 23.5. The molecule has 0 heterocycles. The van der Waals surface area contributed by atoms with Gasteiger partial charge in [0.05, 0.1) is 29.6 Å². The van der Waals surface area contributed by atoms with Gasteiger partial charge in [-0.25, -0.2) is 0 Å². The quantitative estimate of drug-likeness (QED) is 0.0565. The van der Waals surface area contributed by atoms with Gasteiger partial charge >= 0.3 is 5.97 Å². The number of allylic oxidation sites excluding steroid dienone is 1. The van der Waals surface area contributed by atoms with Crippen LogP contribution in [0.15, 0.2) is 11.5 Å². The van der Waals surface area contributed by atoms with E-state index >= 15 is 0 Å². The second-order valence-electron chi connectivity index (χ2n) is 14.4. The van der Waals surface area contributed by atoms with Crippen molar-refractivity contribution in [3.8, 4) is 0 Å². The molecule has 0 aliphatic heterocycles. The summed E-state index contributed by atoms with van der Waals surface area (Å²) in [7, 11) is 0. The SMILES string of the molecule is C=C(CC(C)CNC(CC)(CC)C(=O)C(CC(C)C(=O)NCCCC(O)C(C)CO)NC(=O)C(CC(C)C(=O)O)NC(C)(CC)CC)SC. The van der Waals surface area contributed by atoms with E-state index in [0.717, 1.165) is 11.3 Å². The average Bonchev–Trinajstić information content (AvgIpc) is 3.08. The molecule has 0 radical (unpaired) electrons. The Morgan fingerprint density at radius 1 is 0.878 bits per heavy atom. The van der Waals surface area contributed by atoms with Crippen LogP contribution in [0.2, 0.25) is 0 Å². The monoisotopic (exact) mass is 714 g/mol. The Balaban J connectivity index is 6.36. The zero-order valence-corrected chi connectivity index (χ0v) is 32.9. The summed E-state index contributed by atoms with van der Waals surface area (Å²) in [5, 5.41) is 41.9. The number of aliphatic carboxylic acids is 1. The smallest absolute Gasteiger partial charge is 0.306 e. The highest BCUT2D eigenvalue weighted by Gasteiger charge is 2.42. The van der Waals surface area contributed by atoms with Gasteiger partial charge in [-0.2, -0.15) is 0 Å². The zero-order valence-electron chi connectivity index (χ0n) is 32.1. The lowest BCUT2D eigenvalue weighted by Crippen LogP contribution is -2.62. The van der Waals surface area contributed by atoms with Gasteiger partial charge in [0, 0.05) is 30.5 Å². The van der Waals surface area contributed by atoms with Gasteiger partial charge in [-0.3, -0.25) is 19.2 Å². The molecule has 0 fully saturated rings. The molecule has 7 atom stereocenters. The standard InChI is InChI=1S/C37H70N4O7S/c1-12-36(10,13-2)41-30(21-26(7)35(47)48)34(46)40-29(20-25(6)33(45)38-18-16-17-31(43)27(8)23-42)32(44)37(14-3,15-4)39-22-24(5)19-28(9)49-11/h24-27,29-31,39,41-43H,9,12-23H2,1-8,10-11H3,(H,38,45)(H,40,46)(H,47,48). The van der Waals surface area contributed by atoms with Crippen LogP contribution in [0.5, 0.6) is 0 Å². The summed E-state index contributed by atoms with van der Waals surface area (Å²) >= 11 is 1.61. The number of amides is 2. The number of carbonyl (C=O) groups excluding carboxylic acids is 3. The maximum Gasteiger partial charge on any atom is 0.306 e. The van der Waals surface area contributed by atoms with Crippen LogP contribution in [-0.2, 0) is 19.2 Å². The van der Waals surface area contributed by atoms with Crippen molar-refractivity contribution in [2.45, 2.75) is 149 Å². The lowest BCUT2D eigenvalue weighted by molar-refractivity contribution is -0.142. The fourth-order valence-corrected chi connectivity index (χ4v) is 6.26. The molecule has 0 aromatic carbocycles. The highest BCUT2D eigenvalue weighted by molar-refractivity contribution is 8.02. The van der Waals surface area contributed by atoms with E-state index < -0.39 is 53.0 Å². The number of hydrogen-bond acceptors (Lipinski definition) is 9. The number of aliphatic hydroxyl groups excluding tert-OH is 2. The van der Waals surface area contributed by atoms with E-state index in [4.69, 9.17) is 0 Å². The molecule has 49 heavy (non-hydrogen) atoms. The third-order valence-electron chi connectivity index (χ3n) is 10.3. The van der Waals surface area contributed by atoms with Gasteiger partial charge in [0.1, 0.15) is 0 Å². The van der Waals surface area contributed by atoms with Gasteiger partial charge in [-0.15, -0.1) is 11.8 Å². The van der Waals surface area contributed by atoms with Crippen LogP contribution in [-0.4, -0.2) is 94.1 Å². The molecule has 286 valence electrons. The number of carboxylic acids is 1. The largest absolute Gasteiger partial charge is 0.481 e. The van der Waals surface area contributed by atoms with Crippen LogP contribution in [0, 0.1) is 23.7 Å². The van der Waals surface area contributed by atoms with E-state index in [-0.39, 0.29) is 43.0 Å². The zero-order chi connectivity index (χ0) is 37.9. The van der Waals surface area contributed by atoms with Crippen molar-refractivity contribution in [1.29, 1.82) is 0 Å². The number of Topliss-reactive ketones (excluding diaryl/α,β-unsaturated/α-hetero) is 1. The molecule has 0 aliphatic carbocycles. The molecule has 2 amide bonds. The summed E-state index contributed by atoms with van der Waals surface area (Å²) in [4.78, 5) is 54.8. The van der Waals surface area contributed by atoms with Crippen LogP contribution < -0.4 is 21.3 Å². The second-order valence-corrected chi connectivity index (χ2v) is 15.4. The highest BCUT2D eigenvalue weighted by Crippen LogP contribution is 2.25. The molecule has 0 aromatic heterocycles. The van der Waals surface area contributed by atoms with Crippen molar-refractivity contribution in [2.75, 3.05) is 26.0 Å². The molecule has 0 aromatic rings. The molecule has 0 saturated heterocycles. The topological polar surface area (TPSA) is 177 Å². The molecule has 7 unspecified atom stereocenters. The number of hydrogen-bond donors (Lipinski definition) is 7. The van der Waals surface area contributed by atoms with E-state index in [1.54, 1.807) is 32.5 Å². The predicted molar refractivity (Wildman–Crippen MR) is 200 cm³/mol. The summed E-state index contributed by atoms with van der Waals surface area (Å²) < 4.78 is 0. The summed E-state index contributed by atoms with van der Waals surface area (Å²) in [6, 6.07) is -1.88. The highest BCUT2D eigenvalue weighted by atomic mass is 32.2. The Morgan fingerprint density at radius 2 is 1.45 bits per heavy atom. The molecule has 12 heteroatoms. The predicted octanol–water partition coefficient (Wildman–Crippen LogP) is 4.65. The minimum absolute atomic E-state index is 0.0379. The van der Waals surface area contributed by atoms with Crippen molar-refractivity contribution in [3.63, 3.8) is 0 Å². The summed E-state index contributed by atoms with van der Waals surface area (Å²) in [6.45, 7) is 21.9. The molecular weight excluding hydrogens is 644 g/mol. The van der Waals surface area contributed by atoms with Crippen LogP contribution in [0.1, 0.15) is 120 Å². The number of rotatable bonds is 28. The molecule has 0 spiro atoms. The lowest BCUT2D eigenvalue weighted by atomic mass is 9.81. The molecule has 0 aliphatic rings. The number of thioether (sulfide) groups is 1. The number of carboxylic acid groups (broad SMARTS) is 1. The first kappa shape index (κ1) is 47.0.